The number of amides is 1. The minimum Gasteiger partial charge on any atom is -0.399 e. The van der Waals surface area contributed by atoms with Crippen molar-refractivity contribution in [3.05, 3.63) is 29.8 Å². The van der Waals surface area contributed by atoms with Crippen LogP contribution in [0.5, 0.6) is 0 Å². The van der Waals surface area contributed by atoms with Gasteiger partial charge in [-0.25, -0.2) is 0 Å². The Morgan fingerprint density at radius 3 is 2.87 bits per heavy atom. The first-order valence-corrected chi connectivity index (χ1v) is 4.36. The van der Waals surface area contributed by atoms with Gasteiger partial charge in [-0.2, -0.15) is 0 Å². The maximum Gasteiger partial charge on any atom is 0.251 e. The minimum absolute atomic E-state index is 0. The fourth-order valence-corrected chi connectivity index (χ4v) is 1.05. The van der Waals surface area contributed by atoms with Crippen molar-refractivity contribution in [2.45, 2.75) is 0 Å². The van der Waals surface area contributed by atoms with Gasteiger partial charge in [0.15, 0.2) is 0 Å². The maximum absolute atomic E-state index is 11.4. The quantitative estimate of drug-likeness (QED) is 0.601. The van der Waals surface area contributed by atoms with Crippen LogP contribution in [-0.2, 0) is 4.74 Å². The van der Waals surface area contributed by atoms with Gasteiger partial charge in [0.05, 0.1) is 6.61 Å². The predicted molar refractivity (Wildman–Crippen MR) is 62.3 cm³/mol. The lowest BCUT2D eigenvalue weighted by atomic mass is 10.2. The highest BCUT2D eigenvalue weighted by Crippen LogP contribution is 2.05. The van der Waals surface area contributed by atoms with Crippen LogP contribution >= 0.6 is 12.4 Å². The van der Waals surface area contributed by atoms with Gasteiger partial charge in [-0.3, -0.25) is 4.79 Å². The Balaban J connectivity index is 0.00000196. The smallest absolute Gasteiger partial charge is 0.251 e. The molecule has 1 aromatic carbocycles. The van der Waals surface area contributed by atoms with E-state index in [1.54, 1.807) is 31.4 Å². The van der Waals surface area contributed by atoms with Crippen LogP contribution in [0.3, 0.4) is 0 Å². The van der Waals surface area contributed by atoms with E-state index < -0.39 is 0 Å². The summed E-state index contributed by atoms with van der Waals surface area (Å²) in [6, 6.07) is 6.85. The average molecular weight is 231 g/mol. The number of carbonyl (C=O) groups is 1. The fraction of sp³-hybridized carbons (Fsp3) is 0.300. The third-order valence-electron chi connectivity index (χ3n) is 1.74. The number of hydrogen-bond donors (Lipinski definition) is 2. The molecule has 0 aliphatic rings. The Hall–Kier alpha value is -1.26. The van der Waals surface area contributed by atoms with Crippen LogP contribution in [0.4, 0.5) is 5.69 Å². The van der Waals surface area contributed by atoms with E-state index in [1.165, 1.54) is 0 Å². The Labute approximate surface area is 95.2 Å². The molecule has 0 radical (unpaired) electrons. The number of carbonyl (C=O) groups excluding carboxylic acids is 1. The first kappa shape index (κ1) is 13.7. The molecule has 0 bridgehead atoms. The summed E-state index contributed by atoms with van der Waals surface area (Å²) in [5, 5.41) is 2.71. The number of rotatable bonds is 4. The molecule has 15 heavy (non-hydrogen) atoms. The summed E-state index contributed by atoms with van der Waals surface area (Å²) in [6.45, 7) is 1.01. The van der Waals surface area contributed by atoms with E-state index in [0.29, 0.717) is 24.4 Å². The highest BCUT2D eigenvalue weighted by Gasteiger charge is 2.03. The average Bonchev–Trinajstić information content (AvgIpc) is 2.18. The van der Waals surface area contributed by atoms with Gasteiger partial charge in [0.25, 0.3) is 5.91 Å². The second kappa shape index (κ2) is 7.09. The lowest BCUT2D eigenvalue weighted by Gasteiger charge is -2.04. The highest BCUT2D eigenvalue weighted by atomic mass is 35.5. The summed E-state index contributed by atoms with van der Waals surface area (Å²) in [6.07, 6.45) is 0. The molecule has 0 aliphatic heterocycles. The normalized spacial score (nSPS) is 9.13. The van der Waals surface area contributed by atoms with Crippen molar-refractivity contribution < 1.29 is 9.53 Å². The van der Waals surface area contributed by atoms with E-state index in [4.69, 9.17) is 10.5 Å². The van der Waals surface area contributed by atoms with Crippen molar-refractivity contribution in [1.29, 1.82) is 0 Å². The molecule has 5 heteroatoms. The third kappa shape index (κ3) is 4.67. The molecule has 0 unspecified atom stereocenters. The number of nitrogens with two attached hydrogens (primary N) is 1. The van der Waals surface area contributed by atoms with Crippen LogP contribution in [0.15, 0.2) is 24.3 Å². The molecule has 0 heterocycles. The largest absolute Gasteiger partial charge is 0.399 e. The van der Waals surface area contributed by atoms with Gasteiger partial charge < -0.3 is 15.8 Å². The van der Waals surface area contributed by atoms with E-state index >= 15 is 0 Å². The van der Waals surface area contributed by atoms with Gasteiger partial charge in [-0.15, -0.1) is 12.4 Å². The zero-order chi connectivity index (χ0) is 10.4. The van der Waals surface area contributed by atoms with Gasteiger partial charge in [0.2, 0.25) is 0 Å². The standard InChI is InChI=1S/C10H14N2O2.ClH/c1-14-6-5-12-10(13)8-3-2-4-9(11)7-8;/h2-4,7H,5-6,11H2,1H3,(H,12,13);1H. The number of anilines is 1. The van der Waals surface area contributed by atoms with E-state index in [2.05, 4.69) is 5.32 Å². The zero-order valence-electron chi connectivity index (χ0n) is 8.53. The first-order valence-electron chi connectivity index (χ1n) is 4.36. The minimum atomic E-state index is -0.130. The van der Waals surface area contributed by atoms with Crippen LogP contribution in [0.2, 0.25) is 0 Å². The zero-order valence-corrected chi connectivity index (χ0v) is 9.34. The molecule has 0 atom stereocenters. The summed E-state index contributed by atoms with van der Waals surface area (Å²) >= 11 is 0. The Morgan fingerprint density at radius 1 is 1.53 bits per heavy atom. The SMILES string of the molecule is COCCNC(=O)c1cccc(N)c1.Cl. The van der Waals surface area contributed by atoms with Crippen LogP contribution in [0.25, 0.3) is 0 Å². The van der Waals surface area contributed by atoms with Gasteiger partial charge in [-0.1, -0.05) is 6.07 Å². The summed E-state index contributed by atoms with van der Waals surface area (Å²) in [7, 11) is 1.59. The van der Waals surface area contributed by atoms with Crippen molar-refractivity contribution in [1.82, 2.24) is 5.32 Å². The van der Waals surface area contributed by atoms with E-state index in [0.717, 1.165) is 0 Å². The Morgan fingerprint density at radius 2 is 2.27 bits per heavy atom. The summed E-state index contributed by atoms with van der Waals surface area (Å²) < 4.78 is 4.81. The van der Waals surface area contributed by atoms with Crippen LogP contribution in [-0.4, -0.2) is 26.2 Å². The molecule has 3 N–H and O–H groups in total. The number of nitrogens with one attached hydrogen (secondary N) is 1. The van der Waals surface area contributed by atoms with Gasteiger partial charge in [0.1, 0.15) is 0 Å². The van der Waals surface area contributed by atoms with Crippen LogP contribution in [0, 0.1) is 0 Å². The van der Waals surface area contributed by atoms with Crippen LogP contribution in [0.1, 0.15) is 10.4 Å². The molecule has 0 saturated heterocycles. The number of methoxy groups -OCH3 is 1. The number of nitrogen functional groups attached to an aromatic ring is 1. The number of hydrogen-bond acceptors (Lipinski definition) is 3. The topological polar surface area (TPSA) is 64.3 Å². The molecular weight excluding hydrogens is 216 g/mol. The number of benzene rings is 1. The summed E-state index contributed by atoms with van der Waals surface area (Å²) in [4.78, 5) is 11.4. The second-order valence-electron chi connectivity index (χ2n) is 2.87. The lowest BCUT2D eigenvalue weighted by Crippen LogP contribution is -2.26. The number of ether oxygens (including phenoxy) is 1. The van der Waals surface area contributed by atoms with E-state index in [-0.39, 0.29) is 18.3 Å². The molecule has 1 aromatic rings. The predicted octanol–water partition coefficient (Wildman–Crippen LogP) is 1.07. The third-order valence-corrected chi connectivity index (χ3v) is 1.74. The van der Waals surface area contributed by atoms with E-state index in [9.17, 15) is 4.79 Å². The lowest BCUT2D eigenvalue weighted by molar-refractivity contribution is 0.0937. The van der Waals surface area contributed by atoms with Crippen LogP contribution < -0.4 is 11.1 Å². The monoisotopic (exact) mass is 230 g/mol. The molecule has 0 fully saturated rings. The fourth-order valence-electron chi connectivity index (χ4n) is 1.05. The Kier molecular flexibility index (Phi) is 6.49. The first-order chi connectivity index (χ1) is 6.74. The van der Waals surface area contributed by atoms with E-state index in [1.807, 2.05) is 0 Å². The van der Waals surface area contributed by atoms with Gasteiger partial charge in [-0.05, 0) is 18.2 Å². The summed E-state index contributed by atoms with van der Waals surface area (Å²) in [5.41, 5.74) is 6.70. The van der Waals surface area contributed by atoms with Gasteiger partial charge >= 0.3 is 0 Å². The molecule has 0 aliphatic carbocycles. The molecule has 0 saturated carbocycles. The van der Waals surface area contributed by atoms with Gasteiger partial charge in [0, 0.05) is 24.9 Å². The highest BCUT2D eigenvalue weighted by molar-refractivity contribution is 5.94. The molecule has 84 valence electrons. The molecule has 0 aromatic heterocycles. The van der Waals surface area contributed by atoms with Crippen molar-refractivity contribution >= 4 is 24.0 Å². The molecular formula is C10H15ClN2O2. The molecule has 1 rings (SSSR count). The second-order valence-corrected chi connectivity index (χ2v) is 2.87. The van der Waals surface area contributed by atoms with Crippen molar-refractivity contribution in [2.24, 2.45) is 0 Å². The molecule has 1 amide bonds. The molecule has 4 nitrogen and oxygen atoms in total. The maximum atomic E-state index is 11.4. The Bertz CT molecular complexity index is 318. The van der Waals surface area contributed by atoms with Crippen molar-refractivity contribution in [3.63, 3.8) is 0 Å². The van der Waals surface area contributed by atoms with Crippen molar-refractivity contribution in [2.75, 3.05) is 26.0 Å². The molecule has 0 spiro atoms. The number of halogens is 1. The summed E-state index contributed by atoms with van der Waals surface area (Å²) in [5.74, 6) is -0.130. The van der Waals surface area contributed by atoms with Crippen molar-refractivity contribution in [3.8, 4) is 0 Å².